The summed E-state index contributed by atoms with van der Waals surface area (Å²) >= 11 is 0. The highest BCUT2D eigenvalue weighted by atomic mass is 32.2. The van der Waals surface area contributed by atoms with E-state index in [0.29, 0.717) is 0 Å². The van der Waals surface area contributed by atoms with Gasteiger partial charge < -0.3 is 0 Å². The van der Waals surface area contributed by atoms with E-state index in [9.17, 15) is 8.42 Å². The first-order valence-electron chi connectivity index (χ1n) is 6.57. The monoisotopic (exact) mass is 291 g/mol. The van der Waals surface area contributed by atoms with Crippen molar-refractivity contribution in [2.75, 3.05) is 0 Å². The van der Waals surface area contributed by atoms with Gasteiger partial charge in [-0.2, -0.15) is 5.10 Å². The Morgan fingerprint density at radius 2 is 2.15 bits per heavy atom. The van der Waals surface area contributed by atoms with E-state index in [1.54, 1.807) is 13.2 Å². The van der Waals surface area contributed by atoms with E-state index in [2.05, 4.69) is 15.9 Å². The molecule has 1 atom stereocenters. The van der Waals surface area contributed by atoms with Gasteiger partial charge in [-0.15, -0.1) is 0 Å². The fourth-order valence-corrected chi connectivity index (χ4v) is 3.87. The quantitative estimate of drug-likeness (QED) is 0.936. The summed E-state index contributed by atoms with van der Waals surface area (Å²) in [6, 6.07) is 7.52. The first-order chi connectivity index (χ1) is 9.45. The molecule has 0 amide bonds. The molecule has 3 rings (SSSR count). The van der Waals surface area contributed by atoms with Gasteiger partial charge in [0.25, 0.3) is 10.0 Å². The van der Waals surface area contributed by atoms with Crippen LogP contribution in [0, 0.1) is 6.92 Å². The van der Waals surface area contributed by atoms with Gasteiger partial charge in [0.2, 0.25) is 0 Å². The SMILES string of the molecule is Cc1ccc2c(c1)CCC2NS(=O)(=O)c1ccn(C)n1. The van der Waals surface area contributed by atoms with Crippen LogP contribution in [0.15, 0.2) is 35.5 Å². The number of hydrogen-bond donors (Lipinski definition) is 1. The molecule has 1 N–H and O–H groups in total. The summed E-state index contributed by atoms with van der Waals surface area (Å²) in [4.78, 5) is 0. The summed E-state index contributed by atoms with van der Waals surface area (Å²) in [5.41, 5.74) is 3.52. The molecule has 1 aliphatic carbocycles. The summed E-state index contributed by atoms with van der Waals surface area (Å²) in [6.07, 6.45) is 3.33. The van der Waals surface area contributed by atoms with Gasteiger partial charge in [-0.1, -0.05) is 23.8 Å². The minimum Gasteiger partial charge on any atom is -0.274 e. The molecule has 1 aromatic heterocycles. The van der Waals surface area contributed by atoms with E-state index >= 15 is 0 Å². The molecular weight excluding hydrogens is 274 g/mol. The van der Waals surface area contributed by atoms with Crippen molar-refractivity contribution in [3.05, 3.63) is 47.2 Å². The third-order valence-corrected chi connectivity index (χ3v) is 5.00. The first-order valence-corrected chi connectivity index (χ1v) is 8.05. The van der Waals surface area contributed by atoms with Gasteiger partial charge in [0.15, 0.2) is 5.03 Å². The Morgan fingerprint density at radius 3 is 2.85 bits per heavy atom. The number of nitrogens with zero attached hydrogens (tertiary/aromatic N) is 2. The minimum absolute atomic E-state index is 0.0700. The molecule has 106 valence electrons. The Bertz CT molecular complexity index is 750. The Morgan fingerprint density at radius 1 is 1.35 bits per heavy atom. The van der Waals surface area contributed by atoms with Gasteiger partial charge >= 0.3 is 0 Å². The van der Waals surface area contributed by atoms with Crippen LogP contribution in [0.1, 0.15) is 29.2 Å². The molecule has 2 aromatic rings. The average molecular weight is 291 g/mol. The van der Waals surface area contributed by atoms with Crippen LogP contribution in [0.3, 0.4) is 0 Å². The zero-order valence-electron chi connectivity index (χ0n) is 11.5. The summed E-state index contributed by atoms with van der Waals surface area (Å²) in [7, 11) is -1.86. The van der Waals surface area contributed by atoms with E-state index in [1.807, 2.05) is 19.1 Å². The Kier molecular flexibility index (Phi) is 3.14. The molecule has 6 heteroatoms. The Hall–Kier alpha value is -1.66. The van der Waals surface area contributed by atoms with Gasteiger partial charge in [0.1, 0.15) is 0 Å². The van der Waals surface area contributed by atoms with Crippen molar-refractivity contribution in [2.24, 2.45) is 7.05 Å². The molecule has 0 bridgehead atoms. The molecule has 0 saturated heterocycles. The lowest BCUT2D eigenvalue weighted by atomic mass is 10.1. The number of hydrogen-bond acceptors (Lipinski definition) is 3. The van der Waals surface area contributed by atoms with Crippen molar-refractivity contribution in [1.82, 2.24) is 14.5 Å². The fourth-order valence-electron chi connectivity index (χ4n) is 2.65. The number of sulfonamides is 1. The molecule has 0 spiro atoms. The highest BCUT2D eigenvalue weighted by molar-refractivity contribution is 7.89. The van der Waals surface area contributed by atoms with Crippen molar-refractivity contribution < 1.29 is 8.42 Å². The van der Waals surface area contributed by atoms with Crippen molar-refractivity contribution >= 4 is 10.0 Å². The van der Waals surface area contributed by atoms with Crippen molar-refractivity contribution in [3.63, 3.8) is 0 Å². The molecule has 0 fully saturated rings. The second-order valence-electron chi connectivity index (χ2n) is 5.24. The summed E-state index contributed by atoms with van der Waals surface area (Å²) < 4.78 is 28.8. The second kappa shape index (κ2) is 4.71. The molecule has 5 nitrogen and oxygen atoms in total. The lowest BCUT2D eigenvalue weighted by Crippen LogP contribution is -2.27. The van der Waals surface area contributed by atoms with Crippen LogP contribution in [-0.2, 0) is 23.5 Å². The van der Waals surface area contributed by atoms with Crippen LogP contribution in [0.2, 0.25) is 0 Å². The third kappa shape index (κ3) is 2.36. The topological polar surface area (TPSA) is 64.0 Å². The Labute approximate surface area is 118 Å². The predicted octanol–water partition coefficient (Wildman–Crippen LogP) is 1.69. The molecule has 1 aliphatic rings. The molecule has 1 unspecified atom stereocenters. The summed E-state index contributed by atoms with van der Waals surface area (Å²) in [5, 5.41) is 4.03. The molecule has 1 heterocycles. The number of nitrogens with one attached hydrogen (secondary N) is 1. The van der Waals surface area contributed by atoms with Crippen LogP contribution in [0.4, 0.5) is 0 Å². The Balaban J connectivity index is 1.87. The van der Waals surface area contributed by atoms with Crippen molar-refractivity contribution in [2.45, 2.75) is 30.8 Å². The molecule has 0 saturated carbocycles. The van der Waals surface area contributed by atoms with Gasteiger partial charge in [-0.05, 0) is 37.0 Å². The van der Waals surface area contributed by atoms with Crippen LogP contribution in [-0.4, -0.2) is 18.2 Å². The zero-order chi connectivity index (χ0) is 14.3. The van der Waals surface area contributed by atoms with Crippen LogP contribution in [0.25, 0.3) is 0 Å². The minimum atomic E-state index is -3.56. The standard InChI is InChI=1S/C14H17N3O2S/c1-10-3-5-12-11(9-10)4-6-13(12)16-20(18,19)14-7-8-17(2)15-14/h3,5,7-9,13,16H,4,6H2,1-2H3. The second-order valence-corrected chi connectivity index (χ2v) is 6.90. The van der Waals surface area contributed by atoms with E-state index in [0.717, 1.165) is 18.4 Å². The molecule has 1 aromatic carbocycles. The van der Waals surface area contributed by atoms with Gasteiger partial charge in [-0.3, -0.25) is 4.68 Å². The molecule has 0 aliphatic heterocycles. The van der Waals surface area contributed by atoms with Crippen LogP contribution < -0.4 is 4.72 Å². The van der Waals surface area contributed by atoms with Crippen molar-refractivity contribution in [1.29, 1.82) is 0 Å². The maximum atomic E-state index is 12.3. The van der Waals surface area contributed by atoms with E-state index in [-0.39, 0.29) is 11.1 Å². The lowest BCUT2D eigenvalue weighted by molar-refractivity contribution is 0.548. The number of rotatable bonds is 3. The zero-order valence-corrected chi connectivity index (χ0v) is 12.3. The lowest BCUT2D eigenvalue weighted by Gasteiger charge is -2.13. The summed E-state index contributed by atoms with van der Waals surface area (Å²) in [5.74, 6) is 0. The maximum absolute atomic E-state index is 12.3. The fraction of sp³-hybridized carbons (Fsp3) is 0.357. The van der Waals surface area contributed by atoms with Gasteiger partial charge in [-0.25, -0.2) is 13.1 Å². The van der Waals surface area contributed by atoms with Crippen molar-refractivity contribution in [3.8, 4) is 0 Å². The van der Waals surface area contributed by atoms with Gasteiger partial charge in [0, 0.05) is 19.3 Å². The summed E-state index contributed by atoms with van der Waals surface area (Å²) in [6.45, 7) is 2.05. The predicted molar refractivity (Wildman–Crippen MR) is 75.8 cm³/mol. The first kappa shape index (κ1) is 13.3. The largest absolute Gasteiger partial charge is 0.274 e. The highest BCUT2D eigenvalue weighted by Gasteiger charge is 2.28. The third-order valence-electron chi connectivity index (χ3n) is 3.64. The molecule has 20 heavy (non-hydrogen) atoms. The van der Waals surface area contributed by atoms with Crippen LogP contribution in [0.5, 0.6) is 0 Å². The van der Waals surface area contributed by atoms with E-state index in [1.165, 1.54) is 21.9 Å². The maximum Gasteiger partial charge on any atom is 0.260 e. The number of aryl methyl sites for hydroxylation is 3. The normalized spacial score (nSPS) is 18.2. The molecule has 0 radical (unpaired) electrons. The van der Waals surface area contributed by atoms with Gasteiger partial charge in [0.05, 0.1) is 0 Å². The number of fused-ring (bicyclic) bond motifs is 1. The smallest absolute Gasteiger partial charge is 0.260 e. The highest BCUT2D eigenvalue weighted by Crippen LogP contribution is 2.32. The van der Waals surface area contributed by atoms with E-state index in [4.69, 9.17) is 0 Å². The number of aromatic nitrogens is 2. The van der Waals surface area contributed by atoms with E-state index < -0.39 is 10.0 Å². The molecular formula is C14H17N3O2S. The average Bonchev–Trinajstić information content (AvgIpc) is 2.96. The van der Waals surface area contributed by atoms with Crippen LogP contribution >= 0.6 is 0 Å². The number of benzene rings is 1.